The number of alkyl halides is 1. The van der Waals surface area contributed by atoms with Gasteiger partial charge in [-0.2, -0.15) is 0 Å². The summed E-state index contributed by atoms with van der Waals surface area (Å²) in [6, 6.07) is 0. The lowest BCUT2D eigenvalue weighted by molar-refractivity contribution is -0.152. The van der Waals surface area contributed by atoms with Gasteiger partial charge in [0.05, 0.1) is 12.5 Å². The summed E-state index contributed by atoms with van der Waals surface area (Å²) < 4.78 is 4.70. The Morgan fingerprint density at radius 2 is 1.94 bits per heavy atom. The van der Waals surface area contributed by atoms with Crippen LogP contribution in [0.2, 0.25) is 0 Å². The minimum atomic E-state index is -0.703. The molecule has 0 bridgehead atoms. The van der Waals surface area contributed by atoms with Crippen molar-refractivity contribution in [3.63, 3.8) is 0 Å². The van der Waals surface area contributed by atoms with Crippen LogP contribution in [0.4, 0.5) is 0 Å². The van der Waals surface area contributed by atoms with Crippen LogP contribution in [-0.2, 0) is 14.3 Å². The fraction of sp³-hybridized carbons (Fsp3) is 0.818. The van der Waals surface area contributed by atoms with E-state index in [2.05, 4.69) is 0 Å². The van der Waals surface area contributed by atoms with Crippen LogP contribution in [0.3, 0.4) is 0 Å². The third-order valence-electron chi connectivity index (χ3n) is 2.28. The number of halogens is 1. The summed E-state index contributed by atoms with van der Waals surface area (Å²) in [5.41, 5.74) is -0.703. The van der Waals surface area contributed by atoms with Crippen LogP contribution in [0.15, 0.2) is 0 Å². The first-order valence-electron chi connectivity index (χ1n) is 5.31. The lowest BCUT2D eigenvalue weighted by Gasteiger charge is -2.30. The standard InChI is InChI=1S/C11H20ClNO3/c1-5-6-13(9(14)7-12)8-11(2,3)10(15)16-4/h5-8H2,1-4H3. The summed E-state index contributed by atoms with van der Waals surface area (Å²) in [5.74, 6) is -0.534. The first kappa shape index (κ1) is 15.2. The van der Waals surface area contributed by atoms with Crippen LogP contribution >= 0.6 is 11.6 Å². The predicted octanol–water partition coefficient (Wildman–Crippen LogP) is 1.66. The van der Waals surface area contributed by atoms with E-state index in [-0.39, 0.29) is 17.8 Å². The molecule has 0 saturated carbocycles. The molecule has 0 unspecified atom stereocenters. The van der Waals surface area contributed by atoms with Gasteiger partial charge in [-0.25, -0.2) is 0 Å². The first-order chi connectivity index (χ1) is 7.38. The van der Waals surface area contributed by atoms with E-state index < -0.39 is 5.41 Å². The minimum absolute atomic E-state index is 0.0583. The molecule has 0 heterocycles. The molecule has 0 N–H and O–H groups in total. The zero-order valence-corrected chi connectivity index (χ0v) is 11.1. The number of carbonyl (C=O) groups excluding carboxylic acids is 2. The topological polar surface area (TPSA) is 46.6 Å². The molecule has 16 heavy (non-hydrogen) atoms. The Bertz CT molecular complexity index is 254. The molecule has 0 aromatic rings. The Kier molecular flexibility index (Phi) is 6.41. The van der Waals surface area contributed by atoms with Crippen LogP contribution in [-0.4, -0.2) is 42.9 Å². The Morgan fingerprint density at radius 3 is 2.31 bits per heavy atom. The summed E-state index contributed by atoms with van der Waals surface area (Å²) in [6.45, 7) is 6.41. The molecule has 0 aliphatic heterocycles. The van der Waals surface area contributed by atoms with Crippen molar-refractivity contribution in [2.24, 2.45) is 5.41 Å². The number of ether oxygens (including phenoxy) is 1. The fourth-order valence-electron chi connectivity index (χ4n) is 1.46. The molecule has 0 spiro atoms. The number of esters is 1. The number of hydrogen-bond donors (Lipinski definition) is 0. The van der Waals surface area contributed by atoms with E-state index in [0.717, 1.165) is 6.42 Å². The second kappa shape index (κ2) is 6.74. The average Bonchev–Trinajstić information content (AvgIpc) is 2.25. The number of rotatable bonds is 6. The Morgan fingerprint density at radius 1 is 1.38 bits per heavy atom. The first-order valence-corrected chi connectivity index (χ1v) is 5.84. The second-order valence-electron chi connectivity index (χ2n) is 4.32. The van der Waals surface area contributed by atoms with E-state index >= 15 is 0 Å². The molecule has 94 valence electrons. The summed E-state index contributed by atoms with van der Waals surface area (Å²) in [6.07, 6.45) is 0.833. The maximum Gasteiger partial charge on any atom is 0.313 e. The van der Waals surface area contributed by atoms with E-state index in [1.165, 1.54) is 7.11 Å². The van der Waals surface area contributed by atoms with Gasteiger partial charge < -0.3 is 9.64 Å². The highest BCUT2D eigenvalue weighted by Crippen LogP contribution is 2.19. The van der Waals surface area contributed by atoms with Crippen molar-refractivity contribution in [3.8, 4) is 0 Å². The molecular weight excluding hydrogens is 230 g/mol. The Labute approximate surface area is 102 Å². The van der Waals surface area contributed by atoms with Crippen LogP contribution in [0, 0.1) is 5.41 Å². The molecule has 0 atom stereocenters. The average molecular weight is 250 g/mol. The van der Waals surface area contributed by atoms with Gasteiger partial charge in [0.15, 0.2) is 0 Å². The molecule has 0 rings (SSSR count). The molecule has 5 heteroatoms. The highest BCUT2D eigenvalue weighted by atomic mass is 35.5. The molecule has 4 nitrogen and oxygen atoms in total. The van der Waals surface area contributed by atoms with Gasteiger partial charge in [-0.15, -0.1) is 11.6 Å². The molecular formula is C11H20ClNO3. The summed E-state index contributed by atoms with van der Waals surface area (Å²) >= 11 is 5.52. The van der Waals surface area contributed by atoms with Crippen LogP contribution in [0.1, 0.15) is 27.2 Å². The van der Waals surface area contributed by atoms with Crippen LogP contribution in [0.25, 0.3) is 0 Å². The quantitative estimate of drug-likeness (QED) is 0.531. The second-order valence-corrected chi connectivity index (χ2v) is 4.59. The number of hydrogen-bond acceptors (Lipinski definition) is 3. The van der Waals surface area contributed by atoms with Crippen molar-refractivity contribution in [2.45, 2.75) is 27.2 Å². The summed E-state index contributed by atoms with van der Waals surface area (Å²) in [4.78, 5) is 24.6. The largest absolute Gasteiger partial charge is 0.469 e. The normalized spacial score (nSPS) is 11.1. The predicted molar refractivity (Wildman–Crippen MR) is 63.4 cm³/mol. The van der Waals surface area contributed by atoms with E-state index in [1.54, 1.807) is 18.7 Å². The van der Waals surface area contributed by atoms with E-state index in [0.29, 0.717) is 13.1 Å². The van der Waals surface area contributed by atoms with E-state index in [4.69, 9.17) is 16.3 Å². The van der Waals surface area contributed by atoms with Crippen molar-refractivity contribution >= 4 is 23.5 Å². The zero-order valence-electron chi connectivity index (χ0n) is 10.4. The van der Waals surface area contributed by atoms with Crippen molar-refractivity contribution in [1.29, 1.82) is 0 Å². The third kappa shape index (κ3) is 4.39. The Hall–Kier alpha value is -0.770. The zero-order chi connectivity index (χ0) is 12.8. The summed E-state index contributed by atoms with van der Waals surface area (Å²) in [7, 11) is 1.34. The third-order valence-corrected chi connectivity index (χ3v) is 2.51. The number of methoxy groups -OCH3 is 1. The monoisotopic (exact) mass is 249 g/mol. The molecule has 0 aromatic heterocycles. The minimum Gasteiger partial charge on any atom is -0.469 e. The molecule has 1 amide bonds. The number of amides is 1. The fourth-order valence-corrected chi connectivity index (χ4v) is 1.63. The molecule has 0 saturated heterocycles. The Balaban J connectivity index is 4.60. The molecule has 0 aromatic carbocycles. The van der Waals surface area contributed by atoms with Gasteiger partial charge in [0.2, 0.25) is 5.91 Å². The molecule has 0 fully saturated rings. The van der Waals surface area contributed by atoms with Gasteiger partial charge in [-0.1, -0.05) is 6.92 Å². The lowest BCUT2D eigenvalue weighted by Crippen LogP contribution is -2.43. The lowest BCUT2D eigenvalue weighted by atomic mass is 9.93. The molecule has 0 aliphatic rings. The molecule has 0 aliphatic carbocycles. The maximum atomic E-state index is 11.5. The van der Waals surface area contributed by atoms with Gasteiger partial charge in [-0.05, 0) is 20.3 Å². The van der Waals surface area contributed by atoms with Gasteiger partial charge in [0.25, 0.3) is 0 Å². The van der Waals surface area contributed by atoms with Gasteiger partial charge in [0, 0.05) is 13.1 Å². The van der Waals surface area contributed by atoms with Crippen molar-refractivity contribution in [3.05, 3.63) is 0 Å². The molecule has 0 radical (unpaired) electrons. The van der Waals surface area contributed by atoms with Crippen molar-refractivity contribution in [2.75, 3.05) is 26.1 Å². The SMILES string of the molecule is CCCN(CC(C)(C)C(=O)OC)C(=O)CCl. The smallest absolute Gasteiger partial charge is 0.313 e. The van der Waals surface area contributed by atoms with E-state index in [9.17, 15) is 9.59 Å². The van der Waals surface area contributed by atoms with Gasteiger partial charge in [-0.3, -0.25) is 9.59 Å². The van der Waals surface area contributed by atoms with Crippen LogP contribution in [0.5, 0.6) is 0 Å². The summed E-state index contributed by atoms with van der Waals surface area (Å²) in [5, 5.41) is 0. The van der Waals surface area contributed by atoms with Gasteiger partial charge >= 0.3 is 5.97 Å². The van der Waals surface area contributed by atoms with Crippen LogP contribution < -0.4 is 0 Å². The highest BCUT2D eigenvalue weighted by molar-refractivity contribution is 6.27. The van der Waals surface area contributed by atoms with Gasteiger partial charge in [0.1, 0.15) is 5.88 Å². The number of nitrogens with zero attached hydrogens (tertiary/aromatic N) is 1. The van der Waals surface area contributed by atoms with Crippen molar-refractivity contribution < 1.29 is 14.3 Å². The maximum absolute atomic E-state index is 11.5. The van der Waals surface area contributed by atoms with Crippen molar-refractivity contribution in [1.82, 2.24) is 4.90 Å². The highest BCUT2D eigenvalue weighted by Gasteiger charge is 2.32. The van der Waals surface area contributed by atoms with E-state index in [1.807, 2.05) is 6.92 Å². The number of carbonyl (C=O) groups is 2.